The molecule has 4 heteroatoms. The van der Waals surface area contributed by atoms with E-state index in [1.807, 2.05) is 26.1 Å². The van der Waals surface area contributed by atoms with Gasteiger partial charge in [-0.25, -0.2) is 0 Å². The van der Waals surface area contributed by atoms with Crippen molar-refractivity contribution in [2.75, 3.05) is 7.05 Å². The van der Waals surface area contributed by atoms with Crippen molar-refractivity contribution in [3.05, 3.63) is 58.6 Å². The van der Waals surface area contributed by atoms with E-state index < -0.39 is 0 Å². The van der Waals surface area contributed by atoms with E-state index in [4.69, 9.17) is 11.6 Å². The predicted octanol–water partition coefficient (Wildman–Crippen LogP) is 2.75. The first-order chi connectivity index (χ1) is 8.24. The fraction of sp³-hybridized carbons (Fsp3) is 0.231. The van der Waals surface area contributed by atoms with Crippen molar-refractivity contribution in [1.29, 1.82) is 0 Å². The number of hydrogen-bond acceptors (Lipinski definition) is 3. The molecule has 1 aromatic heterocycles. The average Bonchev–Trinajstić information content (AvgIpc) is 2.37. The Bertz CT molecular complexity index is 499. The fourth-order valence-corrected chi connectivity index (χ4v) is 2.04. The molecule has 0 saturated carbocycles. The maximum Gasteiger partial charge on any atom is 0.0801 e. The minimum absolute atomic E-state index is 0.0161. The molecule has 2 rings (SSSR count). The second kappa shape index (κ2) is 5.25. The van der Waals surface area contributed by atoms with Crippen LogP contribution in [-0.2, 0) is 0 Å². The van der Waals surface area contributed by atoms with Gasteiger partial charge in [-0.3, -0.25) is 9.97 Å². The molecule has 2 aromatic rings. The third-order valence-corrected chi connectivity index (χ3v) is 3.20. The number of rotatable bonds is 3. The Hall–Kier alpha value is -1.45. The monoisotopic (exact) mass is 247 g/mol. The van der Waals surface area contributed by atoms with Crippen LogP contribution in [0.25, 0.3) is 0 Å². The Morgan fingerprint density at radius 2 is 2.12 bits per heavy atom. The summed E-state index contributed by atoms with van der Waals surface area (Å²) in [5.41, 5.74) is 3.08. The van der Waals surface area contributed by atoms with Crippen molar-refractivity contribution < 1.29 is 0 Å². The van der Waals surface area contributed by atoms with E-state index >= 15 is 0 Å². The molecule has 3 nitrogen and oxygen atoms in total. The zero-order valence-corrected chi connectivity index (χ0v) is 10.6. The van der Waals surface area contributed by atoms with Crippen molar-refractivity contribution in [3.63, 3.8) is 0 Å². The van der Waals surface area contributed by atoms with Gasteiger partial charge >= 0.3 is 0 Å². The number of nitrogens with one attached hydrogen (secondary N) is 1. The SMILES string of the molecule is CNC(c1cnccn1)c1cccc(Cl)c1C. The number of halogens is 1. The van der Waals surface area contributed by atoms with Crippen LogP contribution in [0.1, 0.15) is 22.9 Å². The summed E-state index contributed by atoms with van der Waals surface area (Å²) in [4.78, 5) is 8.42. The molecule has 88 valence electrons. The van der Waals surface area contributed by atoms with Gasteiger partial charge in [0.2, 0.25) is 0 Å². The summed E-state index contributed by atoms with van der Waals surface area (Å²) in [6.07, 6.45) is 5.13. The van der Waals surface area contributed by atoms with Crippen molar-refractivity contribution in [1.82, 2.24) is 15.3 Å². The number of benzene rings is 1. The summed E-state index contributed by atoms with van der Waals surface area (Å²) in [5.74, 6) is 0. The lowest BCUT2D eigenvalue weighted by Crippen LogP contribution is -2.20. The van der Waals surface area contributed by atoms with E-state index in [-0.39, 0.29) is 6.04 Å². The summed E-state index contributed by atoms with van der Waals surface area (Å²) in [6.45, 7) is 2.01. The summed E-state index contributed by atoms with van der Waals surface area (Å²) in [6, 6.07) is 5.91. The highest BCUT2D eigenvalue weighted by molar-refractivity contribution is 6.31. The van der Waals surface area contributed by atoms with E-state index in [1.54, 1.807) is 18.6 Å². The van der Waals surface area contributed by atoms with Gasteiger partial charge in [-0.1, -0.05) is 23.7 Å². The molecular weight excluding hydrogens is 234 g/mol. The summed E-state index contributed by atoms with van der Waals surface area (Å²) in [7, 11) is 1.90. The molecular formula is C13H14ClN3. The molecule has 0 aliphatic rings. The molecule has 0 radical (unpaired) electrons. The van der Waals surface area contributed by atoms with Crippen LogP contribution in [0.4, 0.5) is 0 Å². The highest BCUT2D eigenvalue weighted by Gasteiger charge is 2.16. The second-order valence-electron chi connectivity index (χ2n) is 3.81. The number of aromatic nitrogens is 2. The largest absolute Gasteiger partial charge is 0.308 e. The molecule has 0 amide bonds. The van der Waals surface area contributed by atoms with Crippen LogP contribution < -0.4 is 5.32 Å². The molecule has 1 unspecified atom stereocenters. The molecule has 1 heterocycles. The lowest BCUT2D eigenvalue weighted by Gasteiger charge is -2.18. The van der Waals surface area contributed by atoms with Gasteiger partial charge in [0.15, 0.2) is 0 Å². The Morgan fingerprint density at radius 1 is 1.29 bits per heavy atom. The average molecular weight is 248 g/mol. The molecule has 1 N–H and O–H groups in total. The predicted molar refractivity (Wildman–Crippen MR) is 69.1 cm³/mol. The first kappa shape index (κ1) is 12.0. The van der Waals surface area contributed by atoms with Gasteiger partial charge < -0.3 is 5.32 Å². The van der Waals surface area contributed by atoms with Crippen molar-refractivity contribution in [2.45, 2.75) is 13.0 Å². The molecule has 0 saturated heterocycles. The molecule has 0 aliphatic heterocycles. The molecule has 0 aliphatic carbocycles. The second-order valence-corrected chi connectivity index (χ2v) is 4.21. The van der Waals surface area contributed by atoms with Crippen molar-refractivity contribution in [2.24, 2.45) is 0 Å². The summed E-state index contributed by atoms with van der Waals surface area (Å²) < 4.78 is 0. The van der Waals surface area contributed by atoms with Crippen LogP contribution in [0.2, 0.25) is 5.02 Å². The third-order valence-electron chi connectivity index (χ3n) is 2.79. The maximum atomic E-state index is 6.14. The van der Waals surface area contributed by atoms with Gasteiger partial charge in [0.05, 0.1) is 17.9 Å². The van der Waals surface area contributed by atoms with Gasteiger partial charge in [0.1, 0.15) is 0 Å². The van der Waals surface area contributed by atoms with E-state index in [0.29, 0.717) is 0 Å². The molecule has 0 bridgehead atoms. The van der Waals surface area contributed by atoms with E-state index in [2.05, 4.69) is 21.4 Å². The Balaban J connectivity index is 2.46. The number of nitrogens with zero attached hydrogens (tertiary/aromatic N) is 2. The summed E-state index contributed by atoms with van der Waals surface area (Å²) >= 11 is 6.14. The van der Waals surface area contributed by atoms with Gasteiger partial charge in [-0.05, 0) is 31.2 Å². The molecule has 17 heavy (non-hydrogen) atoms. The highest BCUT2D eigenvalue weighted by atomic mass is 35.5. The maximum absolute atomic E-state index is 6.14. The van der Waals surface area contributed by atoms with Gasteiger partial charge in [-0.2, -0.15) is 0 Å². The van der Waals surface area contributed by atoms with Gasteiger partial charge in [0, 0.05) is 17.4 Å². The topological polar surface area (TPSA) is 37.8 Å². The van der Waals surface area contributed by atoms with Crippen LogP contribution in [0, 0.1) is 6.92 Å². The van der Waals surface area contributed by atoms with Crippen LogP contribution in [0.3, 0.4) is 0 Å². The fourth-order valence-electron chi connectivity index (χ4n) is 1.86. The first-order valence-corrected chi connectivity index (χ1v) is 5.80. The number of hydrogen-bond donors (Lipinski definition) is 1. The van der Waals surface area contributed by atoms with Gasteiger partial charge in [-0.15, -0.1) is 0 Å². The zero-order chi connectivity index (χ0) is 12.3. The quantitative estimate of drug-likeness (QED) is 0.906. The first-order valence-electron chi connectivity index (χ1n) is 5.42. The molecule has 0 spiro atoms. The standard InChI is InChI=1S/C13H14ClN3/c1-9-10(4-3-5-11(9)14)13(15-2)12-8-16-6-7-17-12/h3-8,13,15H,1-2H3. The van der Waals surface area contributed by atoms with E-state index in [9.17, 15) is 0 Å². The molecule has 0 fully saturated rings. The van der Waals surface area contributed by atoms with Crippen molar-refractivity contribution in [3.8, 4) is 0 Å². The van der Waals surface area contributed by atoms with E-state index in [0.717, 1.165) is 21.8 Å². The lowest BCUT2D eigenvalue weighted by molar-refractivity contribution is 0.663. The van der Waals surface area contributed by atoms with Crippen LogP contribution >= 0.6 is 11.6 Å². The zero-order valence-electron chi connectivity index (χ0n) is 9.81. The minimum atomic E-state index is 0.0161. The van der Waals surface area contributed by atoms with Gasteiger partial charge in [0.25, 0.3) is 0 Å². The highest BCUT2D eigenvalue weighted by Crippen LogP contribution is 2.27. The van der Waals surface area contributed by atoms with Crippen molar-refractivity contribution >= 4 is 11.6 Å². The van der Waals surface area contributed by atoms with Crippen LogP contribution in [0.5, 0.6) is 0 Å². The van der Waals surface area contributed by atoms with Crippen LogP contribution in [0.15, 0.2) is 36.8 Å². The smallest absolute Gasteiger partial charge is 0.0801 e. The molecule has 1 aromatic carbocycles. The Labute approximate surface area is 106 Å². The summed E-state index contributed by atoms with van der Waals surface area (Å²) in [5, 5.41) is 4.01. The van der Waals surface area contributed by atoms with Crippen LogP contribution in [-0.4, -0.2) is 17.0 Å². The lowest BCUT2D eigenvalue weighted by atomic mass is 9.99. The molecule has 1 atom stereocenters. The Kier molecular flexibility index (Phi) is 3.71. The minimum Gasteiger partial charge on any atom is -0.308 e. The third kappa shape index (κ3) is 2.46. The van der Waals surface area contributed by atoms with E-state index in [1.165, 1.54) is 0 Å². The normalized spacial score (nSPS) is 12.4. The Morgan fingerprint density at radius 3 is 2.76 bits per heavy atom.